The second-order valence-corrected chi connectivity index (χ2v) is 7.12. The molecule has 0 aliphatic carbocycles. The predicted octanol–water partition coefficient (Wildman–Crippen LogP) is 3.06. The number of piperidine rings is 1. The molecule has 0 unspecified atom stereocenters. The molecule has 2 aromatic heterocycles. The summed E-state index contributed by atoms with van der Waals surface area (Å²) in [6.07, 6.45) is 10.9. The molecule has 1 aliphatic heterocycles. The maximum absolute atomic E-state index is 12.6. The number of aryl methyl sites for hydroxylation is 2. The Morgan fingerprint density at radius 1 is 1.46 bits per heavy atom. The molecule has 3 rings (SSSR count). The quantitative estimate of drug-likeness (QED) is 0.873. The lowest BCUT2D eigenvalue weighted by Gasteiger charge is -2.35. The molecule has 1 N–H and O–H groups in total. The molecule has 0 bridgehead atoms. The van der Waals surface area contributed by atoms with Crippen LogP contribution in [0.3, 0.4) is 0 Å². The summed E-state index contributed by atoms with van der Waals surface area (Å²) in [5, 5.41) is 6.09. The van der Waals surface area contributed by atoms with Crippen LogP contribution in [-0.4, -0.2) is 38.1 Å². The number of carbonyl (C=O) groups excluding carboxylic acids is 1. The molecule has 0 spiro atoms. The Bertz CT molecular complexity index is 639. The summed E-state index contributed by atoms with van der Waals surface area (Å²) in [5.74, 6) is 0. The minimum Gasteiger partial charge on any atom is -0.337 e. The van der Waals surface area contributed by atoms with Crippen molar-refractivity contribution in [2.24, 2.45) is 0 Å². The first-order chi connectivity index (χ1) is 11.8. The Morgan fingerprint density at radius 2 is 2.38 bits per heavy atom. The summed E-state index contributed by atoms with van der Waals surface area (Å²) in [4.78, 5) is 23.2. The monoisotopic (exact) mass is 347 g/mol. The smallest absolute Gasteiger partial charge is 0.317 e. The molecular weight excluding hydrogens is 322 g/mol. The number of aromatic nitrogens is 3. The van der Waals surface area contributed by atoms with Gasteiger partial charge in [0.1, 0.15) is 5.01 Å². The van der Waals surface area contributed by atoms with Crippen molar-refractivity contribution >= 4 is 17.4 Å². The van der Waals surface area contributed by atoms with Crippen molar-refractivity contribution in [3.05, 3.63) is 34.8 Å². The van der Waals surface area contributed by atoms with Crippen LogP contribution in [0.25, 0.3) is 0 Å². The summed E-state index contributed by atoms with van der Waals surface area (Å²) in [5.41, 5.74) is 1.10. The van der Waals surface area contributed by atoms with Crippen LogP contribution in [0.2, 0.25) is 0 Å². The number of likely N-dealkylation sites (tertiary alicyclic amines) is 1. The van der Waals surface area contributed by atoms with Gasteiger partial charge in [0.05, 0.1) is 18.6 Å². The van der Waals surface area contributed by atoms with Crippen molar-refractivity contribution in [1.29, 1.82) is 0 Å². The van der Waals surface area contributed by atoms with E-state index in [0.717, 1.165) is 49.5 Å². The minimum atomic E-state index is 0.0404. The Kier molecular flexibility index (Phi) is 5.85. The fourth-order valence-electron chi connectivity index (χ4n) is 3.13. The highest BCUT2D eigenvalue weighted by Crippen LogP contribution is 2.20. The van der Waals surface area contributed by atoms with Crippen LogP contribution in [0, 0.1) is 0 Å². The average Bonchev–Trinajstić information content (AvgIpc) is 3.29. The van der Waals surface area contributed by atoms with Crippen LogP contribution in [0.15, 0.2) is 24.1 Å². The van der Waals surface area contributed by atoms with Crippen molar-refractivity contribution in [2.75, 3.05) is 6.54 Å². The number of hydrogen-bond acceptors (Lipinski definition) is 4. The molecule has 1 aliphatic rings. The number of nitrogens with zero attached hydrogens (tertiary/aromatic N) is 4. The normalized spacial score (nSPS) is 17.9. The summed E-state index contributed by atoms with van der Waals surface area (Å²) >= 11 is 1.62. The third-order valence-corrected chi connectivity index (χ3v) is 5.42. The molecule has 7 heteroatoms. The summed E-state index contributed by atoms with van der Waals surface area (Å²) in [7, 11) is 0. The van der Waals surface area contributed by atoms with Gasteiger partial charge in [-0.15, -0.1) is 11.3 Å². The highest BCUT2D eigenvalue weighted by atomic mass is 32.1. The van der Waals surface area contributed by atoms with Gasteiger partial charge in [0.15, 0.2) is 0 Å². The van der Waals surface area contributed by atoms with Gasteiger partial charge in [-0.25, -0.2) is 14.8 Å². The molecule has 2 aromatic rings. The molecular formula is C17H25N5OS. The van der Waals surface area contributed by atoms with E-state index in [0.29, 0.717) is 12.6 Å². The lowest BCUT2D eigenvalue weighted by Crippen LogP contribution is -2.48. The number of amides is 2. The number of hydrogen-bond donors (Lipinski definition) is 1. The number of rotatable bonds is 6. The van der Waals surface area contributed by atoms with E-state index in [9.17, 15) is 4.79 Å². The summed E-state index contributed by atoms with van der Waals surface area (Å²) in [6, 6.07) is 0.349. The molecule has 0 radical (unpaired) electrons. The Morgan fingerprint density at radius 3 is 3.12 bits per heavy atom. The van der Waals surface area contributed by atoms with Crippen molar-refractivity contribution < 1.29 is 4.79 Å². The molecule has 6 nitrogen and oxygen atoms in total. The topological polar surface area (TPSA) is 63.1 Å². The van der Waals surface area contributed by atoms with Gasteiger partial charge in [-0.3, -0.25) is 0 Å². The van der Waals surface area contributed by atoms with Gasteiger partial charge in [-0.1, -0.05) is 6.92 Å². The van der Waals surface area contributed by atoms with Crippen LogP contribution in [0.5, 0.6) is 0 Å². The second kappa shape index (κ2) is 8.28. The molecule has 2 amide bonds. The highest BCUT2D eigenvalue weighted by molar-refractivity contribution is 7.09. The van der Waals surface area contributed by atoms with Crippen molar-refractivity contribution in [3.8, 4) is 0 Å². The van der Waals surface area contributed by atoms with E-state index >= 15 is 0 Å². The molecule has 1 fully saturated rings. The zero-order valence-corrected chi connectivity index (χ0v) is 15.0. The van der Waals surface area contributed by atoms with Crippen LogP contribution in [-0.2, 0) is 19.5 Å². The van der Waals surface area contributed by atoms with E-state index in [4.69, 9.17) is 0 Å². The van der Waals surface area contributed by atoms with Crippen LogP contribution < -0.4 is 5.32 Å². The summed E-state index contributed by atoms with van der Waals surface area (Å²) in [6.45, 7) is 4.36. The van der Waals surface area contributed by atoms with E-state index in [1.165, 1.54) is 6.42 Å². The second-order valence-electron chi connectivity index (χ2n) is 6.18. The van der Waals surface area contributed by atoms with Crippen LogP contribution in [0.1, 0.15) is 43.3 Å². The van der Waals surface area contributed by atoms with Gasteiger partial charge in [-0.05, 0) is 32.1 Å². The average molecular weight is 347 g/mol. The molecule has 24 heavy (non-hydrogen) atoms. The van der Waals surface area contributed by atoms with Gasteiger partial charge in [0.2, 0.25) is 0 Å². The van der Waals surface area contributed by atoms with Gasteiger partial charge in [0.25, 0.3) is 0 Å². The Balaban J connectivity index is 1.52. The first-order valence-electron chi connectivity index (χ1n) is 8.69. The maximum atomic E-state index is 12.6. The van der Waals surface area contributed by atoms with E-state index < -0.39 is 0 Å². The fraction of sp³-hybridized carbons (Fsp3) is 0.588. The largest absolute Gasteiger partial charge is 0.337 e. The SMILES string of the molecule is CCc1csc(CNC(=O)N2CCCC[C@H]2CCn2ccnc2)n1. The number of nitrogens with one attached hydrogen (secondary N) is 1. The van der Waals surface area contributed by atoms with E-state index in [2.05, 4.69) is 32.2 Å². The first-order valence-corrected chi connectivity index (χ1v) is 9.57. The third-order valence-electron chi connectivity index (χ3n) is 4.52. The first kappa shape index (κ1) is 17.0. The van der Waals surface area contributed by atoms with Gasteiger partial charge < -0.3 is 14.8 Å². The lowest BCUT2D eigenvalue weighted by molar-refractivity contribution is 0.143. The van der Waals surface area contributed by atoms with Crippen LogP contribution >= 0.6 is 11.3 Å². The van der Waals surface area contributed by atoms with Crippen molar-refractivity contribution in [1.82, 2.24) is 24.8 Å². The van der Waals surface area contributed by atoms with Gasteiger partial charge in [-0.2, -0.15) is 0 Å². The molecule has 0 saturated carbocycles. The lowest BCUT2D eigenvalue weighted by atomic mass is 10.00. The van der Waals surface area contributed by atoms with E-state index in [-0.39, 0.29) is 6.03 Å². The number of carbonyl (C=O) groups is 1. The van der Waals surface area contributed by atoms with E-state index in [1.54, 1.807) is 17.5 Å². The van der Waals surface area contributed by atoms with E-state index in [1.807, 2.05) is 17.4 Å². The number of imidazole rings is 1. The van der Waals surface area contributed by atoms with Gasteiger partial charge >= 0.3 is 6.03 Å². The zero-order valence-electron chi connectivity index (χ0n) is 14.1. The van der Waals surface area contributed by atoms with Gasteiger partial charge in [0, 0.05) is 36.9 Å². The molecule has 1 saturated heterocycles. The van der Waals surface area contributed by atoms with Crippen molar-refractivity contribution in [3.63, 3.8) is 0 Å². The standard InChI is InChI=1S/C17H25N5OS/c1-2-14-12-24-16(20-14)11-19-17(23)22-8-4-3-5-15(22)6-9-21-10-7-18-13-21/h7,10,12-13,15H,2-6,8-9,11H2,1H3,(H,19,23)/t15-/m0/s1. The maximum Gasteiger partial charge on any atom is 0.317 e. The summed E-state index contributed by atoms with van der Waals surface area (Å²) < 4.78 is 2.08. The van der Waals surface area contributed by atoms with Crippen molar-refractivity contribution in [2.45, 2.75) is 58.2 Å². The Hall–Kier alpha value is -1.89. The molecule has 130 valence electrons. The molecule has 0 aromatic carbocycles. The fourth-order valence-corrected chi connectivity index (χ4v) is 3.95. The minimum absolute atomic E-state index is 0.0404. The van der Waals surface area contributed by atoms with Crippen LogP contribution in [0.4, 0.5) is 4.79 Å². The third kappa shape index (κ3) is 4.35. The number of thiazole rings is 1. The highest BCUT2D eigenvalue weighted by Gasteiger charge is 2.26. The zero-order chi connectivity index (χ0) is 16.8. The molecule has 3 heterocycles. The number of urea groups is 1. The Labute approximate surface area is 146 Å². The predicted molar refractivity (Wildman–Crippen MR) is 94.9 cm³/mol. The molecule has 1 atom stereocenters.